The van der Waals surface area contributed by atoms with Crippen molar-refractivity contribution in [3.63, 3.8) is 0 Å². The van der Waals surface area contributed by atoms with Gasteiger partial charge in [-0.1, -0.05) is 0 Å². The number of halogens is 17. The highest BCUT2D eigenvalue weighted by Gasteiger charge is 2.95. The van der Waals surface area contributed by atoms with Gasteiger partial charge in [-0.3, -0.25) is 9.59 Å². The molecule has 0 atom stereocenters. The Kier molecular flexibility index (Phi) is 10.1. The summed E-state index contributed by atoms with van der Waals surface area (Å²) in [6, 6.07) is 0. The average Bonchev–Trinajstić information content (AvgIpc) is 3.17. The summed E-state index contributed by atoms with van der Waals surface area (Å²) in [5.74, 6) is -65.7. The highest BCUT2D eigenvalue weighted by molar-refractivity contribution is 7.18. The molecular weight excluding hydrogens is 687 g/mol. The number of amides is 2. The molecule has 254 valence electrons. The number of ether oxygens (including phenoxy) is 1. The van der Waals surface area contributed by atoms with Crippen molar-refractivity contribution in [1.29, 1.82) is 0 Å². The van der Waals surface area contributed by atoms with Gasteiger partial charge in [0.1, 0.15) is 5.00 Å². The number of carbonyl (C=O) groups is 3. The fraction of sp³-hybridized carbons (Fsp3) is 0.650. The first-order valence-corrected chi connectivity index (χ1v) is 11.6. The van der Waals surface area contributed by atoms with Gasteiger partial charge >= 0.3 is 59.5 Å². The van der Waals surface area contributed by atoms with E-state index < -0.39 is 93.0 Å². The average molecular weight is 702 g/mol. The van der Waals surface area contributed by atoms with Crippen LogP contribution in [0.25, 0.3) is 0 Å². The Morgan fingerprint density at radius 2 is 1.09 bits per heavy atom. The Balaban J connectivity index is 3.76. The summed E-state index contributed by atoms with van der Waals surface area (Å²) in [6.45, 7) is 1.51. The van der Waals surface area contributed by atoms with Crippen molar-refractivity contribution >= 4 is 34.1 Å². The van der Waals surface area contributed by atoms with Crippen molar-refractivity contribution in [2.45, 2.75) is 61.5 Å². The third kappa shape index (κ3) is 5.49. The number of anilines is 1. The third-order valence-corrected chi connectivity index (χ3v) is 6.66. The van der Waals surface area contributed by atoms with Crippen LogP contribution in [0.1, 0.15) is 32.5 Å². The first-order valence-electron chi connectivity index (χ1n) is 10.8. The van der Waals surface area contributed by atoms with Gasteiger partial charge in [0.15, 0.2) is 0 Å². The van der Waals surface area contributed by atoms with Crippen LogP contribution < -0.4 is 5.32 Å². The zero-order valence-electron chi connectivity index (χ0n) is 21.6. The van der Waals surface area contributed by atoms with Crippen LogP contribution in [0, 0.1) is 6.92 Å². The zero-order chi connectivity index (χ0) is 35.4. The summed E-state index contributed by atoms with van der Waals surface area (Å²) in [5.41, 5.74) is -1.60. The van der Waals surface area contributed by atoms with Crippen LogP contribution >= 0.6 is 11.3 Å². The quantitative estimate of drug-likeness (QED) is 0.202. The van der Waals surface area contributed by atoms with Crippen LogP contribution in [0.15, 0.2) is 0 Å². The molecule has 0 aliphatic carbocycles. The number of esters is 1. The minimum absolute atomic E-state index is 0.189. The Morgan fingerprint density at radius 3 is 1.45 bits per heavy atom. The fourth-order valence-corrected chi connectivity index (χ4v) is 4.16. The first-order chi connectivity index (χ1) is 19.3. The molecule has 0 aliphatic heterocycles. The van der Waals surface area contributed by atoms with E-state index in [1.54, 1.807) is 0 Å². The van der Waals surface area contributed by atoms with Crippen molar-refractivity contribution in [2.75, 3.05) is 26.0 Å². The first kappa shape index (κ1) is 38.9. The van der Waals surface area contributed by atoms with Gasteiger partial charge in [-0.2, -0.15) is 74.6 Å². The van der Waals surface area contributed by atoms with Gasteiger partial charge in [-0.25, -0.2) is 4.79 Å². The smallest absolute Gasteiger partial charge is 0.460 e. The van der Waals surface area contributed by atoms with Crippen molar-refractivity contribution in [3.05, 3.63) is 16.0 Å². The molecule has 0 aromatic carbocycles. The molecule has 0 unspecified atom stereocenters. The third-order valence-electron chi connectivity index (χ3n) is 5.46. The second-order valence-corrected chi connectivity index (χ2v) is 9.67. The molecule has 0 spiro atoms. The van der Waals surface area contributed by atoms with E-state index in [-0.39, 0.29) is 11.3 Å². The van der Waals surface area contributed by atoms with Crippen LogP contribution in [-0.2, 0) is 9.53 Å². The van der Waals surface area contributed by atoms with Gasteiger partial charge < -0.3 is 15.0 Å². The monoisotopic (exact) mass is 702 g/mol. The predicted molar refractivity (Wildman–Crippen MR) is 112 cm³/mol. The molecule has 1 N–H and O–H groups in total. The van der Waals surface area contributed by atoms with Gasteiger partial charge in [0.05, 0.1) is 17.0 Å². The van der Waals surface area contributed by atoms with Crippen molar-refractivity contribution in [1.82, 2.24) is 4.90 Å². The number of rotatable bonds is 11. The summed E-state index contributed by atoms with van der Waals surface area (Å²) in [4.78, 5) is 36.6. The minimum atomic E-state index is -8.87. The van der Waals surface area contributed by atoms with Crippen LogP contribution in [0.5, 0.6) is 0 Å². The Labute approximate surface area is 237 Å². The van der Waals surface area contributed by atoms with Gasteiger partial charge in [-0.05, 0) is 19.4 Å². The highest BCUT2D eigenvalue weighted by atomic mass is 32.1. The predicted octanol–water partition coefficient (Wildman–Crippen LogP) is 6.88. The Bertz CT molecular complexity index is 1290. The summed E-state index contributed by atoms with van der Waals surface area (Å²) in [6.07, 6.45) is -7.90. The van der Waals surface area contributed by atoms with E-state index >= 15 is 0 Å². The van der Waals surface area contributed by atoms with Crippen molar-refractivity contribution in [3.8, 4) is 0 Å². The Hall–Kier alpha value is -3.08. The van der Waals surface area contributed by atoms with Gasteiger partial charge in [-0.15, -0.1) is 11.3 Å². The lowest BCUT2D eigenvalue weighted by atomic mass is 9.89. The minimum Gasteiger partial charge on any atom is -0.462 e. The molecular formula is C20H15F17N2O4S. The zero-order valence-corrected chi connectivity index (χ0v) is 22.4. The molecule has 1 aromatic rings. The lowest BCUT2D eigenvalue weighted by Gasteiger charge is -2.42. The molecule has 0 saturated carbocycles. The second-order valence-electron chi connectivity index (χ2n) is 8.65. The van der Waals surface area contributed by atoms with E-state index in [0.29, 0.717) is 5.32 Å². The maximum absolute atomic E-state index is 14.4. The number of nitrogens with zero attached hydrogens (tertiary/aromatic N) is 1. The van der Waals surface area contributed by atoms with Crippen LogP contribution in [0.4, 0.5) is 79.6 Å². The summed E-state index contributed by atoms with van der Waals surface area (Å²) >= 11 is -0.189. The number of thiophene rings is 1. The normalized spacial score (nSPS) is 14.4. The molecule has 6 nitrogen and oxygen atoms in total. The molecule has 0 radical (unpaired) electrons. The maximum Gasteiger partial charge on any atom is 0.460 e. The fourth-order valence-electron chi connectivity index (χ4n) is 2.95. The van der Waals surface area contributed by atoms with Gasteiger partial charge in [0.25, 0.3) is 5.91 Å². The topological polar surface area (TPSA) is 75.7 Å². The lowest BCUT2D eigenvalue weighted by Crippen LogP contribution is -2.75. The van der Waals surface area contributed by atoms with E-state index in [2.05, 4.69) is 4.74 Å². The van der Waals surface area contributed by atoms with E-state index in [1.165, 1.54) is 0 Å². The number of nitrogens with one attached hydrogen (secondary N) is 1. The SMILES string of the molecule is CCOC(=O)c1c(NC(=O)C(F)(F)C(F)(F)C(F)(F)C(F)(F)C(F)(F)C(F)(F)C(F)(F)C(F)(F)F)sc(C(=O)N(C)C)c1C. The van der Waals surface area contributed by atoms with Crippen LogP contribution in [0.2, 0.25) is 0 Å². The van der Waals surface area contributed by atoms with Crippen LogP contribution in [0.3, 0.4) is 0 Å². The van der Waals surface area contributed by atoms with E-state index in [4.69, 9.17) is 0 Å². The molecule has 1 rings (SSSR count). The number of hydrogen-bond donors (Lipinski definition) is 1. The molecule has 44 heavy (non-hydrogen) atoms. The van der Waals surface area contributed by atoms with Crippen molar-refractivity contribution in [2.24, 2.45) is 0 Å². The molecule has 0 fully saturated rings. The maximum atomic E-state index is 14.4. The molecule has 0 aliphatic rings. The van der Waals surface area contributed by atoms with Crippen LogP contribution in [-0.4, -0.2) is 91.0 Å². The Morgan fingerprint density at radius 1 is 0.705 bits per heavy atom. The summed E-state index contributed by atoms with van der Waals surface area (Å²) < 4.78 is 234. The lowest BCUT2D eigenvalue weighted by molar-refractivity contribution is -0.459. The number of hydrogen-bond acceptors (Lipinski definition) is 5. The number of alkyl halides is 17. The molecule has 0 bridgehead atoms. The molecule has 24 heteroatoms. The standard InChI is InChI=1S/C20H15F17N2O4S/c1-5-43-11(41)7-6(2)8(10(40)39(3)4)44-9(7)38-12(42)13(21,22)14(23,24)15(25,26)16(27,28)17(29,30)18(31,32)19(33,34)20(35,36)37/h5H2,1-4H3,(H,38,42). The highest BCUT2D eigenvalue weighted by Crippen LogP contribution is 2.64. The van der Waals surface area contributed by atoms with Gasteiger partial charge in [0, 0.05) is 14.1 Å². The molecule has 1 heterocycles. The summed E-state index contributed by atoms with van der Waals surface area (Å²) in [7, 11) is 2.15. The molecule has 0 saturated heterocycles. The molecule has 1 aromatic heterocycles. The van der Waals surface area contributed by atoms with Gasteiger partial charge in [0.2, 0.25) is 0 Å². The molecule has 2 amide bonds. The van der Waals surface area contributed by atoms with E-state index in [0.717, 1.165) is 32.8 Å². The van der Waals surface area contributed by atoms with E-state index in [9.17, 15) is 89.0 Å². The second kappa shape index (κ2) is 11.4. The summed E-state index contributed by atoms with van der Waals surface area (Å²) in [5, 5.41) is -0.702. The van der Waals surface area contributed by atoms with Crippen molar-refractivity contribution < 1.29 is 93.8 Å². The number of carbonyl (C=O) groups excluding carboxylic acids is 3. The van der Waals surface area contributed by atoms with E-state index in [1.807, 2.05) is 0 Å². The largest absolute Gasteiger partial charge is 0.462 e.